The number of hydrogen-bond donors (Lipinski definition) is 2. The molecule has 1 amide bonds. The van der Waals surface area contributed by atoms with E-state index in [0.29, 0.717) is 21.3 Å². The Labute approximate surface area is 147 Å². The average molecular weight is 355 g/mol. The van der Waals surface area contributed by atoms with Crippen LogP contribution in [0.3, 0.4) is 0 Å². The molecule has 0 unspecified atom stereocenters. The summed E-state index contributed by atoms with van der Waals surface area (Å²) in [6.45, 7) is 1.94. The van der Waals surface area contributed by atoms with Gasteiger partial charge in [0.05, 0.1) is 12.6 Å². The lowest BCUT2D eigenvalue weighted by Gasteiger charge is -2.09. The van der Waals surface area contributed by atoms with E-state index in [1.807, 2.05) is 25.1 Å². The monoisotopic (exact) mass is 355 g/mol. The van der Waals surface area contributed by atoms with Crippen molar-refractivity contribution in [2.75, 3.05) is 5.32 Å². The molecule has 8 nitrogen and oxygen atoms in total. The third-order valence-electron chi connectivity index (χ3n) is 3.41. The first kappa shape index (κ1) is 16.8. The summed E-state index contributed by atoms with van der Waals surface area (Å²) >= 11 is 1.26. The van der Waals surface area contributed by atoms with Gasteiger partial charge >= 0.3 is 5.16 Å². The van der Waals surface area contributed by atoms with Crippen LogP contribution in [0, 0.1) is 11.8 Å². The number of tetrazole rings is 1. The fraction of sp³-hybridized carbons (Fsp3) is 0.125. The standard InChI is InChI=1S/C16H14N6O2S/c1-10-4-3-5-11(8-10)17-15(23)13-9-12(19-24)6-7-14(13)25-16-18-20-21-22(16)2/h3-9H,1-2H3,(H,17,23)/p+1. The molecule has 0 aliphatic heterocycles. The lowest BCUT2D eigenvalue weighted by molar-refractivity contribution is -0.765. The van der Waals surface area contributed by atoms with Crippen LogP contribution in [0.2, 0.25) is 0 Å². The molecule has 0 spiro atoms. The number of anilines is 1. The lowest BCUT2D eigenvalue weighted by Crippen LogP contribution is -2.32. The highest BCUT2D eigenvalue weighted by Crippen LogP contribution is 2.30. The number of carbonyl (C=O) groups is 1. The average Bonchev–Trinajstić information content (AvgIpc) is 3.00. The lowest BCUT2D eigenvalue weighted by atomic mass is 10.1. The van der Waals surface area contributed by atoms with E-state index in [9.17, 15) is 9.70 Å². The largest absolute Gasteiger partial charge is 0.364 e. The van der Waals surface area contributed by atoms with Crippen LogP contribution in [0.25, 0.3) is 0 Å². The minimum atomic E-state index is -0.329. The molecular weight excluding hydrogens is 340 g/mol. The van der Waals surface area contributed by atoms with Gasteiger partial charge in [-0.3, -0.25) is 4.79 Å². The molecule has 0 atom stereocenters. The molecule has 0 aliphatic carbocycles. The van der Waals surface area contributed by atoms with Gasteiger partial charge in [-0.25, -0.2) is 0 Å². The van der Waals surface area contributed by atoms with Crippen molar-refractivity contribution in [3.8, 4) is 0 Å². The van der Waals surface area contributed by atoms with E-state index in [1.165, 1.54) is 17.8 Å². The van der Waals surface area contributed by atoms with Gasteiger partial charge in [-0.05, 0) is 59.8 Å². The highest BCUT2D eigenvalue weighted by atomic mass is 32.2. The number of nitrogens with zero attached hydrogens (tertiary/aromatic N) is 4. The number of aromatic nitrogens is 4. The fourth-order valence-corrected chi connectivity index (χ4v) is 3.05. The van der Waals surface area contributed by atoms with E-state index in [0.717, 1.165) is 5.56 Å². The summed E-state index contributed by atoms with van der Waals surface area (Å²) in [5.74, 6) is -0.329. The van der Waals surface area contributed by atoms with Gasteiger partial charge in [-0.1, -0.05) is 17.3 Å². The number of benzene rings is 2. The third-order valence-corrected chi connectivity index (χ3v) is 4.52. The molecule has 0 saturated heterocycles. The molecule has 9 heteroatoms. The molecule has 2 N–H and O–H groups in total. The maximum atomic E-state index is 12.7. The van der Waals surface area contributed by atoms with E-state index in [2.05, 4.69) is 26.0 Å². The number of nitroso groups, excluding NO2 is 1. The number of rotatable bonds is 5. The molecule has 3 aromatic rings. The molecule has 1 heterocycles. The van der Waals surface area contributed by atoms with Gasteiger partial charge in [0.15, 0.2) is 5.21 Å². The Bertz CT molecular complexity index is 940. The number of aryl methyl sites for hydroxylation is 2. The molecule has 0 saturated carbocycles. The van der Waals surface area contributed by atoms with Crippen molar-refractivity contribution in [1.82, 2.24) is 15.5 Å². The quantitative estimate of drug-likeness (QED) is 0.541. The molecule has 0 aliphatic rings. The first-order valence-corrected chi connectivity index (χ1v) is 8.19. The zero-order valence-corrected chi connectivity index (χ0v) is 14.4. The summed E-state index contributed by atoms with van der Waals surface area (Å²) in [5, 5.41) is 16.7. The van der Waals surface area contributed by atoms with Crippen molar-refractivity contribution in [1.29, 1.82) is 0 Å². The Morgan fingerprint density at radius 3 is 2.80 bits per heavy atom. The van der Waals surface area contributed by atoms with Crippen molar-refractivity contribution in [3.05, 3.63) is 58.5 Å². The first-order valence-electron chi connectivity index (χ1n) is 7.37. The van der Waals surface area contributed by atoms with Gasteiger partial charge in [-0.2, -0.15) is 4.68 Å². The summed E-state index contributed by atoms with van der Waals surface area (Å²) in [4.78, 5) is 24.2. The number of carbonyl (C=O) groups excluding carboxylic acids is 1. The molecule has 0 radical (unpaired) electrons. The molecule has 25 heavy (non-hydrogen) atoms. The number of H-pyrrole nitrogens is 1. The summed E-state index contributed by atoms with van der Waals surface area (Å²) < 4.78 is 1.62. The van der Waals surface area contributed by atoms with Crippen LogP contribution in [-0.2, 0) is 7.05 Å². The van der Waals surface area contributed by atoms with Crippen LogP contribution in [0.5, 0.6) is 0 Å². The zero-order chi connectivity index (χ0) is 17.8. The van der Waals surface area contributed by atoms with Crippen molar-refractivity contribution < 1.29 is 9.48 Å². The molecule has 1 aromatic heterocycles. The SMILES string of the molecule is Cc1cccc(NC(=O)c2cc(N=O)ccc2Sc2nn[nH][n+]2C)c1. The van der Waals surface area contributed by atoms with Gasteiger partial charge in [0, 0.05) is 10.6 Å². The van der Waals surface area contributed by atoms with Crippen molar-refractivity contribution in [3.63, 3.8) is 0 Å². The molecule has 0 bridgehead atoms. The van der Waals surface area contributed by atoms with Gasteiger partial charge in [0.25, 0.3) is 5.91 Å². The van der Waals surface area contributed by atoms with E-state index in [-0.39, 0.29) is 11.6 Å². The number of nitrogens with one attached hydrogen (secondary N) is 2. The van der Waals surface area contributed by atoms with Crippen LogP contribution in [0.4, 0.5) is 11.4 Å². The normalized spacial score (nSPS) is 10.5. The fourth-order valence-electron chi connectivity index (χ4n) is 2.19. The van der Waals surface area contributed by atoms with Crippen LogP contribution in [0.1, 0.15) is 15.9 Å². The smallest absolute Gasteiger partial charge is 0.322 e. The topological polar surface area (TPSA) is 104 Å². The number of hydrogen-bond acceptors (Lipinski definition) is 6. The van der Waals surface area contributed by atoms with Crippen molar-refractivity contribution >= 4 is 29.0 Å². The summed E-state index contributed by atoms with van der Waals surface area (Å²) in [6, 6.07) is 12.2. The Balaban J connectivity index is 1.93. The van der Waals surface area contributed by atoms with Gasteiger partial charge in [-0.15, -0.1) is 4.91 Å². The Morgan fingerprint density at radius 2 is 2.12 bits per heavy atom. The summed E-state index contributed by atoms with van der Waals surface area (Å²) in [7, 11) is 1.76. The predicted molar refractivity (Wildman–Crippen MR) is 92.7 cm³/mol. The van der Waals surface area contributed by atoms with E-state index in [4.69, 9.17) is 0 Å². The second-order valence-corrected chi connectivity index (χ2v) is 6.35. The molecule has 2 aromatic carbocycles. The van der Waals surface area contributed by atoms with Gasteiger partial charge in [0.1, 0.15) is 10.8 Å². The van der Waals surface area contributed by atoms with Crippen molar-refractivity contribution in [2.24, 2.45) is 12.2 Å². The van der Waals surface area contributed by atoms with Crippen LogP contribution >= 0.6 is 11.8 Å². The maximum absolute atomic E-state index is 12.7. The predicted octanol–water partition coefficient (Wildman–Crippen LogP) is 2.74. The van der Waals surface area contributed by atoms with Crippen LogP contribution < -0.4 is 10.00 Å². The Hall–Kier alpha value is -3.07. The minimum absolute atomic E-state index is 0.184. The molecule has 0 fully saturated rings. The Kier molecular flexibility index (Phi) is 4.85. The third kappa shape index (κ3) is 3.89. The van der Waals surface area contributed by atoms with Gasteiger partial charge < -0.3 is 5.32 Å². The second kappa shape index (κ2) is 7.22. The van der Waals surface area contributed by atoms with Crippen LogP contribution in [-0.4, -0.2) is 21.4 Å². The minimum Gasteiger partial charge on any atom is -0.322 e. The highest BCUT2D eigenvalue weighted by Gasteiger charge is 2.20. The number of amides is 1. The summed E-state index contributed by atoms with van der Waals surface area (Å²) in [6.07, 6.45) is 0. The van der Waals surface area contributed by atoms with Crippen molar-refractivity contribution in [2.45, 2.75) is 17.0 Å². The second-order valence-electron chi connectivity index (χ2n) is 5.34. The Morgan fingerprint density at radius 1 is 1.28 bits per heavy atom. The maximum Gasteiger partial charge on any atom is 0.364 e. The highest BCUT2D eigenvalue weighted by molar-refractivity contribution is 7.99. The van der Waals surface area contributed by atoms with E-state index < -0.39 is 0 Å². The molecule has 3 rings (SSSR count). The number of aromatic amines is 1. The van der Waals surface area contributed by atoms with Crippen LogP contribution in [0.15, 0.2) is 57.7 Å². The molecular formula is C16H15N6O2S+. The summed E-state index contributed by atoms with van der Waals surface area (Å²) in [5.41, 5.74) is 2.23. The van der Waals surface area contributed by atoms with E-state index in [1.54, 1.807) is 29.9 Å². The van der Waals surface area contributed by atoms with E-state index >= 15 is 0 Å². The zero-order valence-electron chi connectivity index (χ0n) is 13.6. The molecule has 126 valence electrons. The first-order chi connectivity index (χ1) is 12.1. The van der Waals surface area contributed by atoms with Gasteiger partial charge in [0.2, 0.25) is 0 Å².